The van der Waals surface area contributed by atoms with Crippen LogP contribution in [0.3, 0.4) is 0 Å². The number of amides is 1. The Hall–Kier alpha value is -2.21. The molecular formula is C16H21N3O3. The number of fused-ring (bicyclic) bond motifs is 1. The molecule has 0 aliphatic heterocycles. The van der Waals surface area contributed by atoms with Crippen LogP contribution < -0.4 is 10.7 Å². The number of aromatic nitrogens is 2. The van der Waals surface area contributed by atoms with Crippen molar-refractivity contribution in [1.29, 1.82) is 0 Å². The maximum Gasteiger partial charge on any atom is 0.221 e. The standard InChI is InChI=1S/C16H21N3O3/c1-11(2)14(20)9-17-16(22)7-8-19-13-6-4-3-5-12(13)15(21)10-18-19/h3-6,10-11,14,20H,7-9H2,1-2H3,(H,17,22). The molecule has 1 amide bonds. The summed E-state index contributed by atoms with van der Waals surface area (Å²) in [4.78, 5) is 23.5. The summed E-state index contributed by atoms with van der Waals surface area (Å²) < 4.78 is 1.65. The van der Waals surface area contributed by atoms with Gasteiger partial charge < -0.3 is 10.4 Å². The van der Waals surface area contributed by atoms with Crippen LogP contribution in [0.1, 0.15) is 20.3 Å². The summed E-state index contributed by atoms with van der Waals surface area (Å²) >= 11 is 0. The number of aliphatic hydroxyl groups is 1. The van der Waals surface area contributed by atoms with Gasteiger partial charge in [-0.05, 0) is 18.1 Å². The first-order valence-corrected chi connectivity index (χ1v) is 7.38. The predicted octanol–water partition coefficient (Wildman–Crippen LogP) is 0.920. The summed E-state index contributed by atoms with van der Waals surface area (Å²) in [5.41, 5.74) is 0.585. The number of carbonyl (C=O) groups is 1. The summed E-state index contributed by atoms with van der Waals surface area (Å²) in [7, 11) is 0. The molecule has 0 aliphatic rings. The van der Waals surface area contributed by atoms with Crippen molar-refractivity contribution in [3.05, 3.63) is 40.7 Å². The normalized spacial score (nSPS) is 12.5. The third-order valence-corrected chi connectivity index (χ3v) is 3.59. The van der Waals surface area contributed by atoms with E-state index in [1.54, 1.807) is 16.8 Å². The average Bonchev–Trinajstić information content (AvgIpc) is 2.52. The van der Waals surface area contributed by atoms with Crippen LogP contribution in [0.2, 0.25) is 0 Å². The zero-order chi connectivity index (χ0) is 16.1. The van der Waals surface area contributed by atoms with Gasteiger partial charge >= 0.3 is 0 Å². The van der Waals surface area contributed by atoms with Gasteiger partial charge in [0.15, 0.2) is 0 Å². The van der Waals surface area contributed by atoms with Crippen molar-refractivity contribution in [2.24, 2.45) is 5.92 Å². The quantitative estimate of drug-likeness (QED) is 0.831. The summed E-state index contributed by atoms with van der Waals surface area (Å²) in [6.45, 7) is 4.42. The molecule has 0 aliphatic carbocycles. The van der Waals surface area contributed by atoms with E-state index in [1.807, 2.05) is 26.0 Å². The smallest absolute Gasteiger partial charge is 0.221 e. The Morgan fingerprint density at radius 3 is 2.82 bits per heavy atom. The number of aliphatic hydroxyl groups excluding tert-OH is 1. The first-order valence-electron chi connectivity index (χ1n) is 7.38. The fraction of sp³-hybridized carbons (Fsp3) is 0.438. The molecule has 1 atom stereocenters. The second-order valence-electron chi connectivity index (χ2n) is 5.61. The van der Waals surface area contributed by atoms with E-state index in [0.29, 0.717) is 17.4 Å². The number of hydrogen-bond donors (Lipinski definition) is 2. The number of para-hydroxylation sites is 1. The molecule has 2 aromatic rings. The van der Waals surface area contributed by atoms with Crippen LogP contribution in [0, 0.1) is 5.92 Å². The second kappa shape index (κ2) is 7.17. The molecule has 2 rings (SSSR count). The van der Waals surface area contributed by atoms with Gasteiger partial charge in [-0.2, -0.15) is 5.10 Å². The Morgan fingerprint density at radius 2 is 2.09 bits per heavy atom. The third-order valence-electron chi connectivity index (χ3n) is 3.59. The number of hydrogen-bond acceptors (Lipinski definition) is 4. The number of rotatable bonds is 6. The molecule has 0 radical (unpaired) electrons. The Bertz CT molecular complexity index is 709. The molecule has 0 fully saturated rings. The predicted molar refractivity (Wildman–Crippen MR) is 84.5 cm³/mol. The molecule has 6 nitrogen and oxygen atoms in total. The lowest BCUT2D eigenvalue weighted by Gasteiger charge is -2.15. The lowest BCUT2D eigenvalue weighted by Crippen LogP contribution is -2.35. The highest BCUT2D eigenvalue weighted by Crippen LogP contribution is 2.08. The molecule has 1 heterocycles. The van der Waals surface area contributed by atoms with E-state index in [-0.39, 0.29) is 30.2 Å². The summed E-state index contributed by atoms with van der Waals surface area (Å²) in [5.74, 6) is -0.0471. The minimum absolute atomic E-state index is 0.102. The average molecular weight is 303 g/mol. The SMILES string of the molecule is CC(C)C(O)CNC(=O)CCn1ncc(=O)c2ccccc21. The van der Waals surface area contributed by atoms with E-state index in [2.05, 4.69) is 10.4 Å². The molecule has 0 spiro atoms. The lowest BCUT2D eigenvalue weighted by molar-refractivity contribution is -0.121. The highest BCUT2D eigenvalue weighted by molar-refractivity contribution is 5.79. The molecule has 0 saturated carbocycles. The molecule has 0 bridgehead atoms. The Labute approximate surface area is 128 Å². The van der Waals surface area contributed by atoms with Crippen molar-refractivity contribution in [3.63, 3.8) is 0 Å². The number of carbonyl (C=O) groups excluding carboxylic acids is 1. The van der Waals surface area contributed by atoms with Crippen molar-refractivity contribution in [2.45, 2.75) is 32.9 Å². The first kappa shape index (κ1) is 16.2. The fourth-order valence-electron chi connectivity index (χ4n) is 2.09. The molecule has 118 valence electrons. The van der Waals surface area contributed by atoms with E-state index < -0.39 is 6.10 Å². The number of benzene rings is 1. The van der Waals surface area contributed by atoms with Gasteiger partial charge in [0.25, 0.3) is 0 Å². The van der Waals surface area contributed by atoms with Crippen molar-refractivity contribution in [1.82, 2.24) is 15.1 Å². The Morgan fingerprint density at radius 1 is 1.36 bits per heavy atom. The minimum Gasteiger partial charge on any atom is -0.391 e. The van der Waals surface area contributed by atoms with Crippen LogP contribution >= 0.6 is 0 Å². The summed E-state index contributed by atoms with van der Waals surface area (Å²) in [6, 6.07) is 7.19. The second-order valence-corrected chi connectivity index (χ2v) is 5.61. The lowest BCUT2D eigenvalue weighted by atomic mass is 10.1. The minimum atomic E-state index is -0.546. The van der Waals surface area contributed by atoms with Gasteiger partial charge in [0.2, 0.25) is 11.3 Å². The summed E-state index contributed by atoms with van der Waals surface area (Å²) in [5, 5.41) is 17.0. The van der Waals surface area contributed by atoms with Gasteiger partial charge in [0.05, 0.1) is 24.4 Å². The van der Waals surface area contributed by atoms with Crippen LogP contribution in [0.15, 0.2) is 35.3 Å². The van der Waals surface area contributed by atoms with E-state index in [9.17, 15) is 14.7 Å². The van der Waals surface area contributed by atoms with Crippen LogP contribution in [0.5, 0.6) is 0 Å². The monoisotopic (exact) mass is 303 g/mol. The highest BCUT2D eigenvalue weighted by atomic mass is 16.3. The zero-order valence-electron chi connectivity index (χ0n) is 12.8. The van der Waals surface area contributed by atoms with Gasteiger partial charge in [-0.1, -0.05) is 26.0 Å². The largest absolute Gasteiger partial charge is 0.391 e. The number of nitrogens with zero attached hydrogens (tertiary/aromatic N) is 2. The third kappa shape index (κ3) is 3.92. The topological polar surface area (TPSA) is 84.2 Å². The van der Waals surface area contributed by atoms with Crippen LogP contribution in [0.25, 0.3) is 10.9 Å². The van der Waals surface area contributed by atoms with Crippen LogP contribution in [-0.4, -0.2) is 33.4 Å². The van der Waals surface area contributed by atoms with Gasteiger partial charge in [-0.3, -0.25) is 14.3 Å². The summed E-state index contributed by atoms with van der Waals surface area (Å²) in [6.07, 6.45) is 0.961. The van der Waals surface area contributed by atoms with Gasteiger partial charge in [-0.15, -0.1) is 0 Å². The number of aryl methyl sites for hydroxylation is 1. The maximum atomic E-state index is 11.8. The Balaban J connectivity index is 1.99. The fourth-order valence-corrected chi connectivity index (χ4v) is 2.09. The van der Waals surface area contributed by atoms with Crippen LogP contribution in [0.4, 0.5) is 0 Å². The van der Waals surface area contributed by atoms with Crippen molar-refractivity contribution < 1.29 is 9.90 Å². The van der Waals surface area contributed by atoms with Gasteiger partial charge in [0, 0.05) is 18.4 Å². The van der Waals surface area contributed by atoms with Crippen molar-refractivity contribution in [2.75, 3.05) is 6.54 Å². The van der Waals surface area contributed by atoms with E-state index in [0.717, 1.165) is 0 Å². The van der Waals surface area contributed by atoms with Crippen LogP contribution in [-0.2, 0) is 11.3 Å². The zero-order valence-corrected chi connectivity index (χ0v) is 12.8. The first-order chi connectivity index (χ1) is 10.5. The van der Waals surface area contributed by atoms with Crippen molar-refractivity contribution >= 4 is 16.8 Å². The molecule has 22 heavy (non-hydrogen) atoms. The molecular weight excluding hydrogens is 282 g/mol. The molecule has 1 aromatic carbocycles. The molecule has 2 N–H and O–H groups in total. The maximum absolute atomic E-state index is 11.8. The Kier molecular flexibility index (Phi) is 5.27. The highest BCUT2D eigenvalue weighted by Gasteiger charge is 2.11. The molecule has 0 saturated heterocycles. The van der Waals surface area contributed by atoms with E-state index in [4.69, 9.17) is 0 Å². The number of nitrogens with one attached hydrogen (secondary N) is 1. The molecule has 6 heteroatoms. The van der Waals surface area contributed by atoms with E-state index in [1.165, 1.54) is 6.20 Å². The van der Waals surface area contributed by atoms with E-state index >= 15 is 0 Å². The van der Waals surface area contributed by atoms with Gasteiger partial charge in [0.1, 0.15) is 0 Å². The molecule has 1 aromatic heterocycles. The molecule has 1 unspecified atom stereocenters. The van der Waals surface area contributed by atoms with Crippen molar-refractivity contribution in [3.8, 4) is 0 Å². The van der Waals surface area contributed by atoms with Gasteiger partial charge in [-0.25, -0.2) is 0 Å².